The zero-order chi connectivity index (χ0) is 26.2. The van der Waals surface area contributed by atoms with Crippen LogP contribution < -0.4 is 9.47 Å². The van der Waals surface area contributed by atoms with Crippen LogP contribution in [0, 0.1) is 5.82 Å². The van der Waals surface area contributed by atoms with E-state index in [2.05, 4.69) is 16.1 Å². The van der Waals surface area contributed by atoms with Gasteiger partial charge in [0, 0.05) is 30.3 Å². The first-order valence-electron chi connectivity index (χ1n) is 13.0. The van der Waals surface area contributed by atoms with Gasteiger partial charge in [0.2, 0.25) is 0 Å². The lowest BCUT2D eigenvalue weighted by Gasteiger charge is -2.30. The predicted molar refractivity (Wildman–Crippen MR) is 144 cm³/mol. The highest BCUT2D eigenvalue weighted by Crippen LogP contribution is 2.33. The molecular weight excluding hydrogens is 483 g/mol. The van der Waals surface area contributed by atoms with Gasteiger partial charge in [0.1, 0.15) is 36.6 Å². The Kier molecular flexibility index (Phi) is 8.46. The van der Waals surface area contributed by atoms with Crippen molar-refractivity contribution in [3.05, 3.63) is 102 Å². The largest absolute Gasteiger partial charge is 0.486 e. The molecule has 2 heterocycles. The predicted octanol–water partition coefficient (Wildman–Crippen LogP) is 6.10. The smallest absolute Gasteiger partial charge is 0.161 e. The average molecular weight is 515 g/mol. The summed E-state index contributed by atoms with van der Waals surface area (Å²) >= 11 is 0. The second kappa shape index (κ2) is 12.5. The molecule has 0 amide bonds. The van der Waals surface area contributed by atoms with Gasteiger partial charge in [-0.05, 0) is 61.3 Å². The molecule has 0 radical (unpaired) electrons. The quantitative estimate of drug-likeness (QED) is 0.178. The van der Waals surface area contributed by atoms with Crippen LogP contribution in [0.15, 0.2) is 83.4 Å². The molecule has 1 aliphatic rings. The Morgan fingerprint density at radius 3 is 2.61 bits per heavy atom. The van der Waals surface area contributed by atoms with Crippen molar-refractivity contribution in [3.8, 4) is 11.5 Å². The van der Waals surface area contributed by atoms with E-state index in [1.54, 1.807) is 6.07 Å². The molecule has 196 valence electrons. The number of aldehydes is 1. The minimum absolute atomic E-state index is 0.293. The highest BCUT2D eigenvalue weighted by molar-refractivity contribution is 5.80. The number of hydrogen-bond acceptors (Lipinski definition) is 6. The van der Waals surface area contributed by atoms with Crippen molar-refractivity contribution in [3.63, 3.8) is 0 Å². The zero-order valence-electron chi connectivity index (χ0n) is 21.2. The zero-order valence-corrected chi connectivity index (χ0v) is 21.2. The third kappa shape index (κ3) is 6.47. The maximum absolute atomic E-state index is 13.5. The number of likely N-dealkylation sites (tertiary alicyclic amines) is 1. The lowest BCUT2D eigenvalue weighted by Crippen LogP contribution is -2.33. The van der Waals surface area contributed by atoms with Gasteiger partial charge in [-0.25, -0.2) is 4.39 Å². The van der Waals surface area contributed by atoms with Gasteiger partial charge in [0.15, 0.2) is 11.5 Å². The molecular formula is C31H31FN2O4. The highest BCUT2D eigenvalue weighted by atomic mass is 19.1. The number of nitrogens with zero attached hydrogens (tertiary/aromatic N) is 2. The summed E-state index contributed by atoms with van der Waals surface area (Å²) < 4.78 is 31.1. The fourth-order valence-electron chi connectivity index (χ4n) is 4.78. The number of rotatable bonds is 11. The number of carbonyl (C=O) groups is 1. The summed E-state index contributed by atoms with van der Waals surface area (Å²) in [6.07, 6.45) is 7.29. The van der Waals surface area contributed by atoms with E-state index < -0.39 is 0 Å². The van der Waals surface area contributed by atoms with Crippen LogP contribution in [0.1, 0.15) is 35.6 Å². The Balaban J connectivity index is 1.11. The third-order valence-electron chi connectivity index (χ3n) is 6.86. The minimum Gasteiger partial charge on any atom is -0.486 e. The number of hydrogen-bond donors (Lipinski definition) is 0. The second-order valence-corrected chi connectivity index (χ2v) is 9.49. The molecule has 0 saturated carbocycles. The summed E-state index contributed by atoms with van der Waals surface area (Å²) in [5.41, 5.74) is 2.54. The molecule has 6 nitrogen and oxygen atoms in total. The minimum atomic E-state index is -0.299. The maximum atomic E-state index is 13.5. The van der Waals surface area contributed by atoms with Gasteiger partial charge in [-0.15, -0.1) is 0 Å². The molecule has 0 atom stereocenters. The number of aromatic nitrogens is 1. The summed E-state index contributed by atoms with van der Waals surface area (Å²) in [6, 6.07) is 20.2. The number of halogens is 1. The maximum Gasteiger partial charge on any atom is 0.161 e. The summed E-state index contributed by atoms with van der Waals surface area (Å²) in [6.45, 7) is 3.58. The van der Waals surface area contributed by atoms with Crippen molar-refractivity contribution < 1.29 is 23.2 Å². The summed E-state index contributed by atoms with van der Waals surface area (Å²) in [7, 11) is 0. The fourth-order valence-corrected chi connectivity index (χ4v) is 4.78. The van der Waals surface area contributed by atoms with E-state index >= 15 is 0 Å². The molecule has 0 aliphatic carbocycles. The Hall–Kier alpha value is -3.97. The van der Waals surface area contributed by atoms with Gasteiger partial charge in [-0.1, -0.05) is 53.7 Å². The number of ether oxygens (including phenoxy) is 2. The van der Waals surface area contributed by atoms with E-state index in [0.717, 1.165) is 61.0 Å². The van der Waals surface area contributed by atoms with Crippen molar-refractivity contribution in [1.29, 1.82) is 0 Å². The van der Waals surface area contributed by atoms with Gasteiger partial charge in [-0.3, -0.25) is 4.90 Å². The van der Waals surface area contributed by atoms with E-state index in [1.807, 2.05) is 54.6 Å². The Bertz CT molecular complexity index is 1380. The van der Waals surface area contributed by atoms with Gasteiger partial charge in [0.25, 0.3) is 0 Å². The van der Waals surface area contributed by atoms with E-state index in [-0.39, 0.29) is 5.82 Å². The van der Waals surface area contributed by atoms with Gasteiger partial charge >= 0.3 is 0 Å². The second-order valence-electron chi connectivity index (χ2n) is 9.49. The molecule has 7 heteroatoms. The van der Waals surface area contributed by atoms with Crippen molar-refractivity contribution in [2.24, 2.45) is 0 Å². The molecule has 1 fully saturated rings. The molecule has 0 N–H and O–H groups in total. The van der Waals surface area contributed by atoms with Gasteiger partial charge < -0.3 is 18.8 Å². The van der Waals surface area contributed by atoms with Crippen molar-refractivity contribution >= 4 is 17.2 Å². The summed E-state index contributed by atoms with van der Waals surface area (Å²) in [5.74, 6) is 2.15. The van der Waals surface area contributed by atoms with E-state index in [0.29, 0.717) is 42.6 Å². The number of carbonyl (C=O) groups excluding carboxylic acids is 1. The monoisotopic (exact) mass is 514 g/mol. The van der Waals surface area contributed by atoms with E-state index in [4.69, 9.17) is 14.0 Å². The van der Waals surface area contributed by atoms with Crippen LogP contribution in [0.4, 0.5) is 4.39 Å². The number of piperidine rings is 1. The molecule has 38 heavy (non-hydrogen) atoms. The van der Waals surface area contributed by atoms with Crippen LogP contribution in [0.25, 0.3) is 10.9 Å². The number of benzene rings is 3. The van der Waals surface area contributed by atoms with Crippen molar-refractivity contribution in [2.75, 3.05) is 26.2 Å². The summed E-state index contributed by atoms with van der Waals surface area (Å²) in [4.78, 5) is 13.4. The Morgan fingerprint density at radius 1 is 0.947 bits per heavy atom. The lowest BCUT2D eigenvalue weighted by molar-refractivity contribution is -0.107. The Labute approximate surface area is 221 Å². The first kappa shape index (κ1) is 25.7. The lowest BCUT2D eigenvalue weighted by atomic mass is 9.92. The molecule has 4 aromatic rings. The average Bonchev–Trinajstić information content (AvgIpc) is 3.36. The SMILES string of the molecule is O=CCc1ccc(OCc2ccccc2)c(OC/C=C/CN2CCC(c3onc4cc(F)ccc34)CC2)c1. The van der Waals surface area contributed by atoms with Crippen LogP contribution in [0.5, 0.6) is 11.5 Å². The third-order valence-corrected chi connectivity index (χ3v) is 6.86. The normalized spacial score (nSPS) is 14.8. The van der Waals surface area contributed by atoms with Crippen LogP contribution in [-0.2, 0) is 17.8 Å². The Morgan fingerprint density at radius 2 is 1.79 bits per heavy atom. The van der Waals surface area contributed by atoms with Crippen LogP contribution in [0.3, 0.4) is 0 Å². The first-order valence-corrected chi connectivity index (χ1v) is 13.0. The summed E-state index contributed by atoms with van der Waals surface area (Å²) in [5, 5.41) is 4.95. The van der Waals surface area contributed by atoms with Gasteiger partial charge in [0.05, 0.1) is 0 Å². The topological polar surface area (TPSA) is 64.8 Å². The molecule has 3 aromatic carbocycles. The van der Waals surface area contributed by atoms with Gasteiger partial charge in [-0.2, -0.15) is 0 Å². The first-order chi connectivity index (χ1) is 18.7. The van der Waals surface area contributed by atoms with E-state index in [9.17, 15) is 9.18 Å². The standard InChI is InChI=1S/C31H31FN2O4/c32-26-9-10-27-28(21-26)33-38-31(27)25-12-16-34(17-13-25)15-4-5-19-36-30-20-23(14-18-35)8-11-29(30)37-22-24-6-2-1-3-7-24/h1-11,18,20-21,25H,12-17,19,22H2/b5-4+. The number of fused-ring (bicyclic) bond motifs is 1. The van der Waals surface area contributed by atoms with E-state index in [1.165, 1.54) is 12.1 Å². The molecule has 0 unspecified atom stereocenters. The van der Waals surface area contributed by atoms with Crippen LogP contribution in [0.2, 0.25) is 0 Å². The highest BCUT2D eigenvalue weighted by Gasteiger charge is 2.25. The fraction of sp³-hybridized carbons (Fsp3) is 0.290. The van der Waals surface area contributed by atoms with Crippen LogP contribution >= 0.6 is 0 Å². The van der Waals surface area contributed by atoms with Crippen molar-refractivity contribution in [2.45, 2.75) is 31.8 Å². The van der Waals surface area contributed by atoms with Crippen molar-refractivity contribution in [1.82, 2.24) is 10.1 Å². The molecule has 1 aromatic heterocycles. The molecule has 1 saturated heterocycles. The molecule has 1 aliphatic heterocycles. The molecule has 0 spiro atoms. The molecule has 0 bridgehead atoms. The van der Waals surface area contributed by atoms with Crippen LogP contribution in [-0.4, -0.2) is 42.6 Å². The molecule has 5 rings (SSSR count).